The maximum Gasteiger partial charge on any atom is 0.354 e. The molecule has 0 atom stereocenters. The summed E-state index contributed by atoms with van der Waals surface area (Å²) >= 11 is 0. The van der Waals surface area contributed by atoms with Crippen molar-refractivity contribution in [3.63, 3.8) is 0 Å². The quantitative estimate of drug-likeness (QED) is 0.327. The molecule has 0 aromatic carbocycles. The number of anilines is 2. The number of nitrogens with zero attached hydrogens (tertiary/aromatic N) is 5. The number of hydrogen-bond acceptors (Lipinski definition) is 6. The third-order valence-electron chi connectivity index (χ3n) is 5.16. The monoisotopic (exact) mass is 635 g/mol. The van der Waals surface area contributed by atoms with Crippen LogP contribution >= 0.6 is 0 Å². The van der Waals surface area contributed by atoms with Gasteiger partial charge in [-0.15, -0.1) is 6.07 Å². The minimum atomic E-state index is -1.14. The molecule has 0 spiro atoms. The molecule has 3 aromatic rings. The summed E-state index contributed by atoms with van der Waals surface area (Å²) in [6, 6.07) is 10.3. The normalized spacial score (nSPS) is 11.0. The average Bonchev–Trinajstić information content (AvgIpc) is 2.72. The molecule has 0 bridgehead atoms. The van der Waals surface area contributed by atoms with Crippen molar-refractivity contribution in [2.75, 3.05) is 38.0 Å². The molecule has 3 heterocycles. The number of aromatic nitrogens is 3. The summed E-state index contributed by atoms with van der Waals surface area (Å²) in [4.78, 5) is 27.5. The number of carboxylic acids is 1. The zero-order valence-corrected chi connectivity index (χ0v) is 21.3. The van der Waals surface area contributed by atoms with Crippen molar-refractivity contribution < 1.29 is 39.7 Å². The van der Waals surface area contributed by atoms with Gasteiger partial charge in [0.25, 0.3) is 0 Å². The number of carbonyl (C=O) groups is 1. The smallest absolute Gasteiger partial charge is 0.354 e. The van der Waals surface area contributed by atoms with E-state index >= 15 is 0 Å². The molecule has 33 heavy (non-hydrogen) atoms. The van der Waals surface area contributed by atoms with Crippen LogP contribution in [-0.2, 0) is 26.5 Å². The Kier molecular flexibility index (Phi) is 7.91. The fraction of sp³-hybridized carbons (Fsp3) is 0.304. The maximum atomic E-state index is 14.4. The van der Waals surface area contributed by atoms with Crippen molar-refractivity contribution in [3.05, 3.63) is 65.4 Å². The minimum Gasteiger partial charge on any atom is -0.477 e. The van der Waals surface area contributed by atoms with Gasteiger partial charge in [0, 0.05) is 71.7 Å². The molecule has 0 unspecified atom stereocenters. The summed E-state index contributed by atoms with van der Waals surface area (Å²) in [7, 11) is 7.26. The minimum absolute atomic E-state index is 0. The van der Waals surface area contributed by atoms with Gasteiger partial charge < -0.3 is 19.9 Å². The molecule has 7 nitrogen and oxygen atoms in total. The summed E-state index contributed by atoms with van der Waals surface area (Å²) in [6.45, 7) is 3.71. The first-order chi connectivity index (χ1) is 14.9. The third-order valence-corrected chi connectivity index (χ3v) is 5.16. The summed E-state index contributed by atoms with van der Waals surface area (Å²) in [6.07, 6.45) is 0. The van der Waals surface area contributed by atoms with Crippen LogP contribution in [0.25, 0.3) is 11.3 Å². The Morgan fingerprint density at radius 2 is 1.48 bits per heavy atom. The van der Waals surface area contributed by atoms with Crippen LogP contribution in [0.1, 0.15) is 35.7 Å². The van der Waals surface area contributed by atoms with Gasteiger partial charge in [0.15, 0.2) is 5.69 Å². The number of halogens is 2. The van der Waals surface area contributed by atoms with Crippen molar-refractivity contribution in [2.24, 2.45) is 0 Å². The van der Waals surface area contributed by atoms with Gasteiger partial charge in [0.05, 0.1) is 5.69 Å². The van der Waals surface area contributed by atoms with Crippen molar-refractivity contribution >= 4 is 17.3 Å². The summed E-state index contributed by atoms with van der Waals surface area (Å²) in [5.74, 6) is -3.13. The Morgan fingerprint density at radius 1 is 0.939 bits per heavy atom. The standard InChI is InChI=1S/C23H24F2N5O2.Pt/c1-23(2,19-12-14(30(5)6)10-17(27-19)22(31)32)18-11-13(29(3)4)9-16(26-18)15-7-8-20(24)28-21(15)25;/h8-12H,1-6H3,(H,31,32);/q-1;. The van der Waals surface area contributed by atoms with E-state index in [1.165, 1.54) is 6.07 Å². The first-order valence-corrected chi connectivity index (χ1v) is 9.77. The van der Waals surface area contributed by atoms with Crippen LogP contribution in [0.15, 0.2) is 30.3 Å². The molecular weight excluding hydrogens is 611 g/mol. The van der Waals surface area contributed by atoms with E-state index in [1.807, 2.05) is 38.9 Å². The summed E-state index contributed by atoms with van der Waals surface area (Å²) in [5.41, 5.74) is 1.63. The molecule has 3 aromatic heterocycles. The van der Waals surface area contributed by atoms with Gasteiger partial charge in [-0.1, -0.05) is 17.7 Å². The molecule has 0 radical (unpaired) electrons. The number of aromatic carboxylic acids is 1. The van der Waals surface area contributed by atoms with Crippen molar-refractivity contribution in [3.8, 4) is 11.3 Å². The number of rotatable bonds is 6. The maximum absolute atomic E-state index is 14.4. The molecule has 0 saturated carbocycles. The van der Waals surface area contributed by atoms with Crippen molar-refractivity contribution in [2.45, 2.75) is 19.3 Å². The van der Waals surface area contributed by atoms with Crippen LogP contribution in [0, 0.1) is 18.0 Å². The SMILES string of the molecule is CN(C)c1cc(C(=O)O)nc(C(C)(C)c2cc(N(C)C)cc(-c3[c-]cc(F)nc3F)n2)c1.[Pt]. The Labute approximate surface area is 205 Å². The second-order valence-electron chi connectivity index (χ2n) is 8.30. The Morgan fingerprint density at radius 3 is 2.00 bits per heavy atom. The van der Waals surface area contributed by atoms with Gasteiger partial charge in [-0.05, 0) is 37.7 Å². The van der Waals surface area contributed by atoms with Gasteiger partial charge in [-0.25, -0.2) is 18.6 Å². The van der Waals surface area contributed by atoms with E-state index in [4.69, 9.17) is 0 Å². The van der Waals surface area contributed by atoms with Crippen LogP contribution in [0.3, 0.4) is 0 Å². The first kappa shape index (κ1) is 26.3. The second kappa shape index (κ2) is 9.91. The average molecular weight is 636 g/mol. The topological polar surface area (TPSA) is 82.5 Å². The fourth-order valence-corrected chi connectivity index (χ4v) is 3.11. The van der Waals surface area contributed by atoms with E-state index < -0.39 is 23.3 Å². The van der Waals surface area contributed by atoms with Gasteiger partial charge >= 0.3 is 5.97 Å². The number of carboxylic acid groups (broad SMARTS) is 1. The van der Waals surface area contributed by atoms with Gasteiger partial charge in [-0.3, -0.25) is 4.98 Å². The zero-order chi connectivity index (χ0) is 23.8. The van der Waals surface area contributed by atoms with Crippen LogP contribution in [0.4, 0.5) is 20.2 Å². The van der Waals surface area contributed by atoms with Gasteiger partial charge in [0.1, 0.15) is 11.9 Å². The Hall–Kier alpha value is -2.93. The number of hydrogen-bond donors (Lipinski definition) is 1. The van der Waals surface area contributed by atoms with E-state index in [-0.39, 0.29) is 38.0 Å². The number of pyridine rings is 3. The Balaban J connectivity index is 0.00000385. The molecule has 10 heteroatoms. The van der Waals surface area contributed by atoms with Crippen molar-refractivity contribution in [1.82, 2.24) is 15.0 Å². The summed E-state index contributed by atoms with van der Waals surface area (Å²) in [5, 5.41) is 9.53. The molecule has 0 fully saturated rings. The van der Waals surface area contributed by atoms with E-state index in [1.54, 1.807) is 31.1 Å². The molecule has 0 amide bonds. The molecule has 0 aliphatic rings. The van der Waals surface area contributed by atoms with Crippen LogP contribution < -0.4 is 9.80 Å². The largest absolute Gasteiger partial charge is 0.477 e. The molecule has 0 saturated heterocycles. The van der Waals surface area contributed by atoms with E-state index in [2.05, 4.69) is 21.0 Å². The third kappa shape index (κ3) is 5.53. The van der Waals surface area contributed by atoms with Gasteiger partial charge in [-0.2, -0.15) is 0 Å². The van der Waals surface area contributed by atoms with E-state index in [9.17, 15) is 18.7 Å². The predicted octanol–water partition coefficient (Wildman–Crippen LogP) is 3.77. The van der Waals surface area contributed by atoms with E-state index in [0.29, 0.717) is 17.1 Å². The van der Waals surface area contributed by atoms with Crippen LogP contribution in [-0.4, -0.2) is 54.2 Å². The molecular formula is C23H24F2N5O2Pt-. The van der Waals surface area contributed by atoms with Gasteiger partial charge in [0.2, 0.25) is 0 Å². The van der Waals surface area contributed by atoms with E-state index in [0.717, 1.165) is 11.8 Å². The molecule has 0 aliphatic carbocycles. The van der Waals surface area contributed by atoms with Crippen LogP contribution in [0.2, 0.25) is 0 Å². The second-order valence-corrected chi connectivity index (χ2v) is 8.30. The fourth-order valence-electron chi connectivity index (χ4n) is 3.11. The molecule has 1 N–H and O–H groups in total. The first-order valence-electron chi connectivity index (χ1n) is 9.77. The predicted molar refractivity (Wildman–Crippen MR) is 118 cm³/mol. The van der Waals surface area contributed by atoms with Crippen LogP contribution in [0.5, 0.6) is 0 Å². The zero-order valence-electron chi connectivity index (χ0n) is 19.1. The molecule has 3 rings (SSSR count). The molecule has 0 aliphatic heterocycles. The summed E-state index contributed by atoms with van der Waals surface area (Å²) < 4.78 is 27.7. The molecule has 178 valence electrons. The Bertz CT molecular complexity index is 1190. The van der Waals surface area contributed by atoms with Crippen molar-refractivity contribution in [1.29, 1.82) is 0 Å².